The second-order valence-corrected chi connectivity index (χ2v) is 5.89. The lowest BCUT2D eigenvalue weighted by molar-refractivity contribution is 0.0904. The van der Waals surface area contributed by atoms with Gasteiger partial charge in [-0.1, -0.05) is 31.7 Å². The molecule has 3 heteroatoms. The maximum absolute atomic E-state index is 4.80. The molecule has 3 nitrogen and oxygen atoms in total. The zero-order valence-corrected chi connectivity index (χ0v) is 14.7. The third kappa shape index (κ3) is 12.8. The van der Waals surface area contributed by atoms with E-state index in [0.717, 1.165) is 25.8 Å². The molecule has 0 fully saturated rings. The molecule has 0 bridgehead atoms. The van der Waals surface area contributed by atoms with Crippen molar-refractivity contribution in [1.29, 1.82) is 0 Å². The third-order valence-electron chi connectivity index (χ3n) is 3.84. The van der Waals surface area contributed by atoms with Crippen LogP contribution < -0.4 is 5.48 Å². The zero-order valence-electron chi connectivity index (χ0n) is 14.7. The SMILES string of the molecule is CONCCCCCCCCC#CCCCCc1cccnc1. The van der Waals surface area contributed by atoms with Gasteiger partial charge in [0.2, 0.25) is 0 Å². The van der Waals surface area contributed by atoms with Crippen molar-refractivity contribution in [2.75, 3.05) is 13.7 Å². The van der Waals surface area contributed by atoms with Crippen molar-refractivity contribution in [1.82, 2.24) is 10.5 Å². The zero-order chi connectivity index (χ0) is 16.4. The Labute approximate surface area is 142 Å². The number of rotatable bonds is 13. The summed E-state index contributed by atoms with van der Waals surface area (Å²) >= 11 is 0. The highest BCUT2D eigenvalue weighted by molar-refractivity contribution is 5.08. The molecule has 128 valence electrons. The molecular formula is C20H32N2O. The number of hydroxylamine groups is 1. The Balaban J connectivity index is 1.81. The summed E-state index contributed by atoms with van der Waals surface area (Å²) in [5.41, 5.74) is 4.21. The Morgan fingerprint density at radius 3 is 2.35 bits per heavy atom. The Kier molecular flexibility index (Phi) is 13.3. The van der Waals surface area contributed by atoms with E-state index in [9.17, 15) is 0 Å². The van der Waals surface area contributed by atoms with Gasteiger partial charge in [-0.3, -0.25) is 4.98 Å². The number of nitrogens with one attached hydrogen (secondary N) is 1. The average molecular weight is 316 g/mol. The topological polar surface area (TPSA) is 34.1 Å². The molecule has 0 aromatic carbocycles. The summed E-state index contributed by atoms with van der Waals surface area (Å²) < 4.78 is 0. The van der Waals surface area contributed by atoms with Crippen LogP contribution in [0.2, 0.25) is 0 Å². The smallest absolute Gasteiger partial charge is 0.0572 e. The van der Waals surface area contributed by atoms with Crippen LogP contribution >= 0.6 is 0 Å². The van der Waals surface area contributed by atoms with Gasteiger partial charge in [-0.2, -0.15) is 0 Å². The number of aryl methyl sites for hydroxylation is 1. The van der Waals surface area contributed by atoms with Crippen molar-refractivity contribution in [3.05, 3.63) is 30.1 Å². The predicted octanol–water partition coefficient (Wildman–Crippen LogP) is 4.68. The Morgan fingerprint density at radius 1 is 0.957 bits per heavy atom. The van der Waals surface area contributed by atoms with Crippen LogP contribution in [-0.4, -0.2) is 18.6 Å². The normalized spacial score (nSPS) is 10.3. The second kappa shape index (κ2) is 15.5. The van der Waals surface area contributed by atoms with Gasteiger partial charge in [-0.05, 0) is 43.7 Å². The summed E-state index contributed by atoms with van der Waals surface area (Å²) in [4.78, 5) is 8.94. The number of hydrogen-bond acceptors (Lipinski definition) is 3. The van der Waals surface area contributed by atoms with Crippen molar-refractivity contribution < 1.29 is 4.84 Å². The van der Waals surface area contributed by atoms with Gasteiger partial charge in [0, 0.05) is 31.8 Å². The summed E-state index contributed by atoms with van der Waals surface area (Å²) in [6.07, 6.45) is 17.1. The summed E-state index contributed by atoms with van der Waals surface area (Å²) in [5.74, 6) is 6.62. The quantitative estimate of drug-likeness (QED) is 0.326. The number of aromatic nitrogens is 1. The molecule has 0 amide bonds. The van der Waals surface area contributed by atoms with Crippen LogP contribution in [0.25, 0.3) is 0 Å². The lowest BCUT2D eigenvalue weighted by Crippen LogP contribution is -2.12. The van der Waals surface area contributed by atoms with E-state index in [1.54, 1.807) is 7.11 Å². The highest BCUT2D eigenvalue weighted by atomic mass is 16.6. The molecule has 0 spiro atoms. The molecule has 0 atom stereocenters. The van der Waals surface area contributed by atoms with E-state index in [0.29, 0.717) is 0 Å². The van der Waals surface area contributed by atoms with Crippen molar-refractivity contribution in [3.8, 4) is 11.8 Å². The molecule has 1 aromatic rings. The Hall–Kier alpha value is -1.37. The monoisotopic (exact) mass is 316 g/mol. The maximum atomic E-state index is 4.80. The summed E-state index contributed by atoms with van der Waals surface area (Å²) in [5, 5.41) is 0. The minimum absolute atomic E-state index is 0.961. The van der Waals surface area contributed by atoms with Crippen LogP contribution in [0.5, 0.6) is 0 Å². The van der Waals surface area contributed by atoms with E-state index in [1.165, 1.54) is 56.9 Å². The molecule has 0 saturated carbocycles. The van der Waals surface area contributed by atoms with Crippen molar-refractivity contribution in [2.45, 2.75) is 70.6 Å². The lowest BCUT2D eigenvalue weighted by Gasteiger charge is -2.01. The number of hydrogen-bond donors (Lipinski definition) is 1. The minimum atomic E-state index is 0.961. The first-order valence-corrected chi connectivity index (χ1v) is 9.04. The molecule has 1 aromatic heterocycles. The van der Waals surface area contributed by atoms with Gasteiger partial charge in [0.05, 0.1) is 7.11 Å². The predicted molar refractivity (Wildman–Crippen MR) is 96.9 cm³/mol. The first-order chi connectivity index (χ1) is 11.4. The fourth-order valence-electron chi connectivity index (χ4n) is 2.49. The van der Waals surface area contributed by atoms with Crippen molar-refractivity contribution in [2.24, 2.45) is 0 Å². The molecule has 1 heterocycles. The maximum Gasteiger partial charge on any atom is 0.0572 e. The van der Waals surface area contributed by atoms with Gasteiger partial charge >= 0.3 is 0 Å². The van der Waals surface area contributed by atoms with Crippen LogP contribution in [-0.2, 0) is 11.3 Å². The van der Waals surface area contributed by atoms with Crippen LogP contribution in [0.3, 0.4) is 0 Å². The van der Waals surface area contributed by atoms with Gasteiger partial charge in [0.15, 0.2) is 0 Å². The largest absolute Gasteiger partial charge is 0.305 e. The standard InChI is InChI=1S/C20H32N2O/c1-23-22-18-13-11-9-7-5-3-2-4-6-8-10-12-15-20-16-14-17-21-19-20/h14,16-17,19,22H,2-3,5,7-13,15,18H2,1H3. The summed E-state index contributed by atoms with van der Waals surface area (Å²) in [7, 11) is 1.67. The first kappa shape index (κ1) is 19.7. The van der Waals surface area contributed by atoms with Crippen LogP contribution in [0.1, 0.15) is 69.8 Å². The molecule has 1 N–H and O–H groups in total. The average Bonchev–Trinajstić information content (AvgIpc) is 2.59. The first-order valence-electron chi connectivity index (χ1n) is 9.04. The molecule has 0 aliphatic heterocycles. The van der Waals surface area contributed by atoms with Crippen LogP contribution in [0, 0.1) is 11.8 Å². The highest BCUT2D eigenvalue weighted by Crippen LogP contribution is 2.07. The lowest BCUT2D eigenvalue weighted by atomic mass is 10.1. The molecule has 23 heavy (non-hydrogen) atoms. The van der Waals surface area contributed by atoms with Gasteiger partial charge < -0.3 is 4.84 Å². The molecule has 1 rings (SSSR count). The van der Waals surface area contributed by atoms with Crippen LogP contribution in [0.15, 0.2) is 24.5 Å². The third-order valence-corrected chi connectivity index (χ3v) is 3.84. The number of nitrogens with zero attached hydrogens (tertiary/aromatic N) is 1. The molecule has 0 radical (unpaired) electrons. The second-order valence-electron chi connectivity index (χ2n) is 5.89. The van der Waals surface area contributed by atoms with E-state index in [2.05, 4.69) is 28.4 Å². The summed E-state index contributed by atoms with van der Waals surface area (Å²) in [6, 6.07) is 4.15. The summed E-state index contributed by atoms with van der Waals surface area (Å²) in [6.45, 7) is 0.961. The molecular weight excluding hydrogens is 284 g/mol. The number of pyridine rings is 1. The van der Waals surface area contributed by atoms with Crippen molar-refractivity contribution in [3.63, 3.8) is 0 Å². The van der Waals surface area contributed by atoms with E-state index in [4.69, 9.17) is 4.84 Å². The van der Waals surface area contributed by atoms with E-state index < -0.39 is 0 Å². The molecule has 0 aliphatic carbocycles. The molecule has 0 aliphatic rings. The van der Waals surface area contributed by atoms with Gasteiger partial charge in [-0.25, -0.2) is 5.48 Å². The van der Waals surface area contributed by atoms with E-state index in [1.807, 2.05) is 18.5 Å². The fourth-order valence-corrected chi connectivity index (χ4v) is 2.49. The Bertz CT molecular complexity index is 422. The van der Waals surface area contributed by atoms with Gasteiger partial charge in [0.25, 0.3) is 0 Å². The molecule has 0 saturated heterocycles. The number of unbranched alkanes of at least 4 members (excludes halogenated alkanes) is 8. The Morgan fingerprint density at radius 2 is 1.65 bits per heavy atom. The van der Waals surface area contributed by atoms with Gasteiger partial charge in [-0.15, -0.1) is 11.8 Å². The molecule has 0 unspecified atom stereocenters. The van der Waals surface area contributed by atoms with Crippen LogP contribution in [0.4, 0.5) is 0 Å². The van der Waals surface area contributed by atoms with Crippen molar-refractivity contribution >= 4 is 0 Å². The fraction of sp³-hybridized carbons (Fsp3) is 0.650. The van der Waals surface area contributed by atoms with Gasteiger partial charge in [0.1, 0.15) is 0 Å². The van der Waals surface area contributed by atoms with E-state index in [-0.39, 0.29) is 0 Å². The highest BCUT2D eigenvalue weighted by Gasteiger charge is 1.92. The van der Waals surface area contributed by atoms with E-state index >= 15 is 0 Å². The minimum Gasteiger partial charge on any atom is -0.305 e.